The molecule has 0 saturated carbocycles. The summed E-state index contributed by atoms with van der Waals surface area (Å²) in [6, 6.07) is 0. The van der Waals surface area contributed by atoms with E-state index in [0.29, 0.717) is 19.5 Å². The average molecular weight is 481 g/mol. The molecule has 0 aromatic carbocycles. The summed E-state index contributed by atoms with van der Waals surface area (Å²) in [6.45, 7) is 4.36. The molecule has 0 atom stereocenters. The Morgan fingerprint density at radius 1 is 0.844 bits per heavy atom. The van der Waals surface area contributed by atoms with E-state index in [4.69, 9.17) is 9.66 Å². The van der Waals surface area contributed by atoms with Gasteiger partial charge in [-0.3, -0.25) is 13.5 Å². The molecule has 0 rings (SSSR count). The lowest BCUT2D eigenvalue weighted by Crippen LogP contribution is -2.32. The maximum atomic E-state index is 11.6. The first kappa shape index (κ1) is 33.2. The third kappa shape index (κ3) is 33.6. The molecule has 0 aliphatic carbocycles. The number of nitrogens with one attached hydrogen (secondary N) is 2. The van der Waals surface area contributed by atoms with Crippen LogP contribution >= 0.6 is 0 Å². The molecule has 0 bridgehead atoms. The molecule has 0 aliphatic rings. The molecule has 0 radical (unpaired) electrons. The molecule has 0 fully saturated rings. The first-order valence-corrected chi connectivity index (χ1v) is 13.5. The Bertz CT molecular complexity index is 527. The lowest BCUT2D eigenvalue weighted by Gasteiger charge is -2.06. The van der Waals surface area contributed by atoms with E-state index in [1.165, 1.54) is 70.6 Å². The predicted octanol–water partition coefficient (Wildman–Crippen LogP) is 4.16. The molecule has 0 spiro atoms. The van der Waals surface area contributed by atoms with Gasteiger partial charge in [-0.2, -0.15) is 8.42 Å². The molecule has 0 aromatic rings. The number of amides is 1. The van der Waals surface area contributed by atoms with Crippen molar-refractivity contribution < 1.29 is 27.1 Å². The lowest BCUT2D eigenvalue weighted by atomic mass is 10.1. The Hall–Kier alpha value is -1.00. The second-order valence-corrected chi connectivity index (χ2v) is 8.94. The van der Waals surface area contributed by atoms with Crippen LogP contribution in [0.15, 0.2) is 12.2 Å². The van der Waals surface area contributed by atoms with Crippen LogP contribution in [-0.4, -0.2) is 57.3 Å². The molecular formula is C23H48N2O6S. The van der Waals surface area contributed by atoms with E-state index >= 15 is 0 Å². The van der Waals surface area contributed by atoms with Crippen molar-refractivity contribution in [3.05, 3.63) is 12.2 Å². The molecule has 0 aliphatic heterocycles. The number of unbranched alkanes of at least 4 members (excludes halogenated alkanes) is 11. The van der Waals surface area contributed by atoms with Crippen LogP contribution in [0.5, 0.6) is 0 Å². The molecule has 4 N–H and O–H groups in total. The smallest absolute Gasteiger partial charge is 0.395 e. The number of allylic oxidation sites excluding steroid dienone is 2. The van der Waals surface area contributed by atoms with Crippen molar-refractivity contribution in [3.63, 3.8) is 0 Å². The van der Waals surface area contributed by atoms with Gasteiger partial charge in [-0.1, -0.05) is 70.4 Å². The highest BCUT2D eigenvalue weighted by Gasteiger charge is 2.00. The zero-order chi connectivity index (χ0) is 24.3. The topological polar surface area (TPSA) is 125 Å². The fourth-order valence-corrected chi connectivity index (χ4v) is 2.94. The lowest BCUT2D eigenvalue weighted by molar-refractivity contribution is -0.121. The van der Waals surface area contributed by atoms with E-state index in [1.807, 2.05) is 0 Å². The fraction of sp³-hybridized carbons (Fsp3) is 0.870. The van der Waals surface area contributed by atoms with E-state index in [0.717, 1.165) is 26.5 Å². The molecular weight excluding hydrogens is 432 g/mol. The summed E-state index contributed by atoms with van der Waals surface area (Å²) in [5, 5.41) is 14.6. The summed E-state index contributed by atoms with van der Waals surface area (Å²) in [6.07, 6.45) is 22.0. The molecule has 0 heterocycles. The zero-order valence-corrected chi connectivity index (χ0v) is 21.1. The van der Waals surface area contributed by atoms with Crippen LogP contribution < -0.4 is 10.6 Å². The summed E-state index contributed by atoms with van der Waals surface area (Å²) in [7, 11) is -3.29. The maximum Gasteiger partial charge on any atom is 0.397 e. The highest BCUT2D eigenvalue weighted by atomic mass is 32.3. The summed E-state index contributed by atoms with van der Waals surface area (Å²) in [4.78, 5) is 11.6. The Morgan fingerprint density at radius 2 is 1.34 bits per heavy atom. The second-order valence-electron chi connectivity index (χ2n) is 7.75. The van der Waals surface area contributed by atoms with Gasteiger partial charge in [-0.25, -0.2) is 0 Å². The fourth-order valence-electron chi connectivity index (χ4n) is 2.94. The van der Waals surface area contributed by atoms with Crippen LogP contribution in [-0.2, 0) is 19.4 Å². The Kier molecular flexibility index (Phi) is 27.2. The van der Waals surface area contributed by atoms with Crippen LogP contribution in [0.4, 0.5) is 0 Å². The van der Waals surface area contributed by atoms with Gasteiger partial charge < -0.3 is 15.7 Å². The van der Waals surface area contributed by atoms with E-state index in [-0.39, 0.29) is 12.5 Å². The van der Waals surface area contributed by atoms with Gasteiger partial charge in [0.2, 0.25) is 5.91 Å². The van der Waals surface area contributed by atoms with Crippen molar-refractivity contribution in [1.29, 1.82) is 0 Å². The minimum atomic E-state index is -4.16. The largest absolute Gasteiger partial charge is 0.397 e. The van der Waals surface area contributed by atoms with E-state index in [2.05, 4.69) is 33.9 Å². The minimum Gasteiger partial charge on any atom is -0.395 e. The van der Waals surface area contributed by atoms with Crippen molar-refractivity contribution >= 4 is 16.3 Å². The van der Waals surface area contributed by atoms with Crippen molar-refractivity contribution in [3.8, 4) is 0 Å². The Balaban J connectivity index is 0. The molecule has 9 heteroatoms. The minimum absolute atomic E-state index is 0.142. The number of carbonyl (C=O) groups is 1. The van der Waals surface area contributed by atoms with Crippen LogP contribution in [0.1, 0.15) is 96.8 Å². The third-order valence-corrected chi connectivity index (χ3v) is 5.21. The van der Waals surface area contributed by atoms with Crippen LogP contribution in [0.2, 0.25) is 0 Å². The molecule has 0 unspecified atom stereocenters. The highest BCUT2D eigenvalue weighted by Crippen LogP contribution is 2.09. The highest BCUT2D eigenvalue weighted by molar-refractivity contribution is 7.80. The van der Waals surface area contributed by atoms with Gasteiger partial charge in [0, 0.05) is 26.1 Å². The summed E-state index contributed by atoms with van der Waals surface area (Å²) in [5.74, 6) is 0.147. The van der Waals surface area contributed by atoms with Gasteiger partial charge >= 0.3 is 10.4 Å². The molecule has 0 aromatic heterocycles. The standard InChI is InChI=1S/C22H44N2O2.CH4O4S/c1-2-3-4-5-6-7-8-9-10-11-12-13-14-15-16-17-22(26)24-19-18-23-20-21-25;1-5-6(2,3)4/h9-10,23,25H,2-8,11-21H2,1H3,(H,24,26);1H3,(H,2,3,4)/b10-9-;. The van der Waals surface area contributed by atoms with E-state index < -0.39 is 10.4 Å². The van der Waals surface area contributed by atoms with Gasteiger partial charge in [0.25, 0.3) is 0 Å². The van der Waals surface area contributed by atoms with Crippen molar-refractivity contribution in [2.75, 3.05) is 33.4 Å². The van der Waals surface area contributed by atoms with Crippen molar-refractivity contribution in [2.45, 2.75) is 96.8 Å². The van der Waals surface area contributed by atoms with Crippen LogP contribution in [0.3, 0.4) is 0 Å². The number of hydrogen-bond acceptors (Lipinski definition) is 6. The summed E-state index contributed by atoms with van der Waals surface area (Å²) >= 11 is 0. The molecule has 32 heavy (non-hydrogen) atoms. The summed E-state index contributed by atoms with van der Waals surface area (Å²) in [5.41, 5.74) is 0. The number of carbonyl (C=O) groups excluding carboxylic acids is 1. The maximum absolute atomic E-state index is 11.6. The third-order valence-electron chi connectivity index (χ3n) is 4.79. The van der Waals surface area contributed by atoms with Gasteiger partial charge in [0.05, 0.1) is 13.7 Å². The Labute approximate surface area is 196 Å². The quantitative estimate of drug-likeness (QED) is 0.110. The second kappa shape index (κ2) is 26.3. The number of aliphatic hydroxyl groups is 1. The van der Waals surface area contributed by atoms with E-state index in [9.17, 15) is 13.2 Å². The van der Waals surface area contributed by atoms with Gasteiger partial charge in [-0.05, 0) is 32.1 Å². The number of rotatable bonds is 21. The van der Waals surface area contributed by atoms with Crippen molar-refractivity contribution in [2.24, 2.45) is 0 Å². The number of hydrogen-bond donors (Lipinski definition) is 4. The normalized spacial score (nSPS) is 11.4. The first-order chi connectivity index (χ1) is 15.4. The van der Waals surface area contributed by atoms with Gasteiger partial charge in [-0.15, -0.1) is 0 Å². The SMILES string of the molecule is CCCCCCCC/C=C\CCCCCCCC(=O)NCCNCCO.COS(=O)(=O)O. The van der Waals surface area contributed by atoms with Gasteiger partial charge in [0.1, 0.15) is 0 Å². The predicted molar refractivity (Wildman–Crippen MR) is 131 cm³/mol. The van der Waals surface area contributed by atoms with Crippen LogP contribution in [0.25, 0.3) is 0 Å². The van der Waals surface area contributed by atoms with Crippen LogP contribution in [0, 0.1) is 0 Å². The molecule has 192 valence electrons. The zero-order valence-electron chi connectivity index (χ0n) is 20.3. The molecule has 8 nitrogen and oxygen atoms in total. The first-order valence-electron chi connectivity index (χ1n) is 12.1. The van der Waals surface area contributed by atoms with E-state index in [1.54, 1.807) is 0 Å². The Morgan fingerprint density at radius 3 is 1.84 bits per heavy atom. The molecule has 0 saturated heterocycles. The number of aliphatic hydroxyl groups excluding tert-OH is 1. The summed E-state index contributed by atoms with van der Waals surface area (Å²) < 4.78 is 29.7. The van der Waals surface area contributed by atoms with Gasteiger partial charge in [0.15, 0.2) is 0 Å². The molecule has 1 amide bonds. The monoisotopic (exact) mass is 480 g/mol. The average Bonchev–Trinajstić information content (AvgIpc) is 2.76. The van der Waals surface area contributed by atoms with Crippen molar-refractivity contribution in [1.82, 2.24) is 10.6 Å².